The Kier molecular flexibility index (Phi) is 5.68. The molecule has 0 saturated carbocycles. The van der Waals surface area contributed by atoms with Gasteiger partial charge in [0, 0.05) is 0 Å². The summed E-state index contributed by atoms with van der Waals surface area (Å²) in [6.07, 6.45) is 1.70. The molecule has 22 heavy (non-hydrogen) atoms. The first-order valence-corrected chi connectivity index (χ1v) is 8.18. The van der Waals surface area contributed by atoms with E-state index < -0.39 is 0 Å². The number of rotatable bonds is 5. The van der Waals surface area contributed by atoms with Gasteiger partial charge in [0.15, 0.2) is 23.3 Å². The zero-order chi connectivity index (χ0) is 16.1. The molecule has 0 aromatic heterocycles. The molecule has 0 aliphatic carbocycles. The standard InChI is InChI=1S/C14H12IN3O3S/c1-2-20-10-6-8(5-9(15)12(10)21-4-3-16)7-11-13(19)18-14(17)22-11/h5-7H,2,4H2,1H3,(H2,17,18,19)/b11-7-. The van der Waals surface area contributed by atoms with Crippen molar-refractivity contribution in [2.45, 2.75) is 6.92 Å². The second-order valence-corrected chi connectivity index (χ2v) is 6.30. The third-order valence-corrected chi connectivity index (χ3v) is 4.16. The van der Waals surface area contributed by atoms with Crippen molar-refractivity contribution in [3.8, 4) is 17.6 Å². The molecule has 1 aliphatic heterocycles. The number of amidine groups is 1. The van der Waals surface area contributed by atoms with Crippen molar-refractivity contribution in [1.82, 2.24) is 0 Å². The smallest absolute Gasteiger partial charge is 0.286 e. The van der Waals surface area contributed by atoms with E-state index in [2.05, 4.69) is 27.6 Å². The summed E-state index contributed by atoms with van der Waals surface area (Å²) in [5.41, 5.74) is 6.31. The highest BCUT2D eigenvalue weighted by Gasteiger charge is 2.20. The lowest BCUT2D eigenvalue weighted by Gasteiger charge is -2.13. The lowest BCUT2D eigenvalue weighted by atomic mass is 10.2. The summed E-state index contributed by atoms with van der Waals surface area (Å²) in [4.78, 5) is 15.8. The van der Waals surface area contributed by atoms with Gasteiger partial charge in [-0.3, -0.25) is 4.79 Å². The Labute approximate surface area is 145 Å². The van der Waals surface area contributed by atoms with E-state index in [1.54, 1.807) is 12.1 Å². The second-order valence-electron chi connectivity index (χ2n) is 4.08. The average molecular weight is 429 g/mol. The highest BCUT2D eigenvalue weighted by atomic mass is 127. The molecule has 0 atom stereocenters. The molecule has 0 saturated heterocycles. The minimum atomic E-state index is -0.347. The summed E-state index contributed by atoms with van der Waals surface area (Å²) in [6.45, 7) is 2.26. The van der Waals surface area contributed by atoms with Crippen molar-refractivity contribution in [3.05, 3.63) is 26.2 Å². The molecule has 6 nitrogen and oxygen atoms in total. The SMILES string of the molecule is CCOc1cc(/C=C2\SC(N)=NC2=O)cc(I)c1OCC#N. The molecule has 2 N–H and O–H groups in total. The third-order valence-electron chi connectivity index (χ3n) is 2.55. The first-order valence-electron chi connectivity index (χ1n) is 6.29. The number of nitrogens with two attached hydrogens (primary N) is 1. The Hall–Kier alpha value is -1.73. The zero-order valence-electron chi connectivity index (χ0n) is 11.6. The molecule has 0 spiro atoms. The van der Waals surface area contributed by atoms with Gasteiger partial charge in [0.1, 0.15) is 6.07 Å². The van der Waals surface area contributed by atoms with Crippen LogP contribution in [-0.4, -0.2) is 24.3 Å². The first kappa shape index (κ1) is 16.6. The van der Waals surface area contributed by atoms with Gasteiger partial charge in [0.2, 0.25) is 0 Å². The van der Waals surface area contributed by atoms with Crippen molar-refractivity contribution in [3.63, 3.8) is 0 Å². The summed E-state index contributed by atoms with van der Waals surface area (Å²) >= 11 is 3.23. The summed E-state index contributed by atoms with van der Waals surface area (Å²) in [5, 5.41) is 8.89. The van der Waals surface area contributed by atoms with E-state index in [9.17, 15) is 4.79 Å². The Morgan fingerprint density at radius 1 is 1.50 bits per heavy atom. The average Bonchev–Trinajstić information content (AvgIpc) is 2.76. The highest BCUT2D eigenvalue weighted by Crippen LogP contribution is 2.36. The maximum atomic E-state index is 11.6. The summed E-state index contributed by atoms with van der Waals surface area (Å²) in [6, 6.07) is 5.52. The molecule has 2 rings (SSSR count). The van der Waals surface area contributed by atoms with Gasteiger partial charge in [-0.2, -0.15) is 10.3 Å². The van der Waals surface area contributed by atoms with Crippen LogP contribution in [0.3, 0.4) is 0 Å². The molecule has 1 amide bonds. The van der Waals surface area contributed by atoms with Crippen molar-refractivity contribution in [2.75, 3.05) is 13.2 Å². The number of nitrogens with zero attached hydrogens (tertiary/aromatic N) is 2. The number of thioether (sulfide) groups is 1. The molecule has 0 radical (unpaired) electrons. The van der Waals surface area contributed by atoms with Crippen LogP contribution in [0.1, 0.15) is 12.5 Å². The van der Waals surface area contributed by atoms with Gasteiger partial charge in [0.25, 0.3) is 5.91 Å². The van der Waals surface area contributed by atoms with Gasteiger partial charge in [-0.05, 0) is 65.0 Å². The van der Waals surface area contributed by atoms with E-state index in [4.69, 9.17) is 20.5 Å². The van der Waals surface area contributed by atoms with Crippen LogP contribution in [0.4, 0.5) is 0 Å². The van der Waals surface area contributed by atoms with Gasteiger partial charge in [-0.1, -0.05) is 0 Å². The van der Waals surface area contributed by atoms with Crippen molar-refractivity contribution < 1.29 is 14.3 Å². The fourth-order valence-corrected chi connectivity index (χ4v) is 3.22. The number of hydrogen-bond donors (Lipinski definition) is 1. The van der Waals surface area contributed by atoms with E-state index in [1.165, 1.54) is 0 Å². The van der Waals surface area contributed by atoms with E-state index in [0.29, 0.717) is 23.0 Å². The second kappa shape index (κ2) is 7.51. The van der Waals surface area contributed by atoms with Gasteiger partial charge >= 0.3 is 0 Å². The normalized spacial score (nSPS) is 15.6. The van der Waals surface area contributed by atoms with Gasteiger partial charge in [-0.25, -0.2) is 0 Å². The topological polar surface area (TPSA) is 97.7 Å². The van der Waals surface area contributed by atoms with Gasteiger partial charge in [-0.15, -0.1) is 0 Å². The molecule has 0 unspecified atom stereocenters. The number of amides is 1. The number of hydrogen-bond acceptors (Lipinski definition) is 6. The van der Waals surface area contributed by atoms with Crippen LogP contribution in [0.15, 0.2) is 22.0 Å². The van der Waals surface area contributed by atoms with Crippen LogP contribution >= 0.6 is 34.4 Å². The van der Waals surface area contributed by atoms with Crippen LogP contribution in [0.5, 0.6) is 11.5 Å². The Morgan fingerprint density at radius 2 is 2.27 bits per heavy atom. The summed E-state index contributed by atoms with van der Waals surface area (Å²) < 4.78 is 11.7. The van der Waals surface area contributed by atoms with Crippen LogP contribution in [0, 0.1) is 14.9 Å². The van der Waals surface area contributed by atoms with Crippen LogP contribution in [-0.2, 0) is 4.79 Å². The maximum absolute atomic E-state index is 11.6. The third kappa shape index (κ3) is 3.92. The summed E-state index contributed by atoms with van der Waals surface area (Å²) in [5.74, 6) is 0.702. The van der Waals surface area contributed by atoms with Crippen LogP contribution in [0.25, 0.3) is 6.08 Å². The zero-order valence-corrected chi connectivity index (χ0v) is 14.6. The largest absolute Gasteiger partial charge is 0.490 e. The van der Waals surface area contributed by atoms with E-state index in [0.717, 1.165) is 20.9 Å². The van der Waals surface area contributed by atoms with E-state index in [-0.39, 0.29) is 17.7 Å². The molecule has 1 aromatic rings. The Bertz CT molecular complexity index is 710. The molecule has 1 heterocycles. The van der Waals surface area contributed by atoms with E-state index >= 15 is 0 Å². The number of benzene rings is 1. The molecule has 8 heteroatoms. The predicted molar refractivity (Wildman–Crippen MR) is 93.6 cm³/mol. The van der Waals surface area contributed by atoms with Crippen LogP contribution < -0.4 is 15.2 Å². The molecular formula is C14H12IN3O3S. The van der Waals surface area contributed by atoms with Crippen molar-refractivity contribution in [1.29, 1.82) is 5.26 Å². The maximum Gasteiger partial charge on any atom is 0.286 e. The molecule has 114 valence electrons. The number of carbonyl (C=O) groups is 1. The number of nitriles is 1. The first-order chi connectivity index (χ1) is 10.5. The Morgan fingerprint density at radius 3 is 2.86 bits per heavy atom. The number of halogens is 1. The Balaban J connectivity index is 2.36. The number of carbonyl (C=O) groups excluding carboxylic acids is 1. The monoisotopic (exact) mass is 429 g/mol. The highest BCUT2D eigenvalue weighted by molar-refractivity contribution is 14.1. The van der Waals surface area contributed by atoms with Crippen molar-refractivity contribution >= 4 is 51.5 Å². The van der Waals surface area contributed by atoms with E-state index in [1.807, 2.05) is 19.1 Å². The lowest BCUT2D eigenvalue weighted by molar-refractivity contribution is -0.113. The van der Waals surface area contributed by atoms with Crippen LogP contribution in [0.2, 0.25) is 0 Å². The van der Waals surface area contributed by atoms with Crippen molar-refractivity contribution in [2.24, 2.45) is 10.7 Å². The fourth-order valence-electron chi connectivity index (χ4n) is 1.76. The lowest BCUT2D eigenvalue weighted by Crippen LogP contribution is -2.02. The molecular weight excluding hydrogens is 417 g/mol. The minimum Gasteiger partial charge on any atom is -0.490 e. The molecule has 1 aromatic carbocycles. The molecule has 0 fully saturated rings. The fraction of sp³-hybridized carbons (Fsp3) is 0.214. The minimum absolute atomic E-state index is 0.0603. The molecule has 0 bridgehead atoms. The quantitative estimate of drug-likeness (QED) is 0.571. The van der Waals surface area contributed by atoms with Gasteiger partial charge < -0.3 is 15.2 Å². The number of ether oxygens (including phenoxy) is 2. The van der Waals surface area contributed by atoms with Gasteiger partial charge in [0.05, 0.1) is 15.1 Å². The molecule has 1 aliphatic rings. The predicted octanol–water partition coefficient (Wildman–Crippen LogP) is 2.52. The summed E-state index contributed by atoms with van der Waals surface area (Å²) in [7, 11) is 0. The number of aliphatic imine (C=N–C) groups is 1.